The van der Waals surface area contributed by atoms with Gasteiger partial charge in [0.1, 0.15) is 6.61 Å². The summed E-state index contributed by atoms with van der Waals surface area (Å²) in [7, 11) is 1.21. The van der Waals surface area contributed by atoms with Gasteiger partial charge in [-0.3, -0.25) is 9.59 Å². The average Bonchev–Trinajstić information content (AvgIpc) is 2.73. The van der Waals surface area contributed by atoms with Crippen molar-refractivity contribution in [3.05, 3.63) is 42.0 Å². The second-order valence-corrected chi connectivity index (χ2v) is 6.87. The molecule has 0 saturated heterocycles. The molecule has 0 N–H and O–H groups in total. The molecule has 0 fully saturated rings. The number of benzene rings is 1. The fourth-order valence-electron chi connectivity index (χ4n) is 2.62. The molecule has 0 heterocycles. The average molecular weight is 425 g/mol. The van der Waals surface area contributed by atoms with Gasteiger partial charge in [0.15, 0.2) is 5.41 Å². The Bertz CT molecular complexity index is 679. The molecule has 0 amide bonds. The standard InChI is InChI=1S/C21H28O7S/c1-5-26-18(22)21(19(23)27-6-2,13-7-8-14-28-20(24)25-3)15-16-9-11-17(29-4)12-10-16/h7-12H,5-6,13-15H2,1-4H3/b8-7-. The second-order valence-electron chi connectivity index (χ2n) is 5.99. The maximum Gasteiger partial charge on any atom is 0.508 e. The van der Waals surface area contributed by atoms with Crippen LogP contribution >= 0.6 is 11.8 Å². The van der Waals surface area contributed by atoms with Gasteiger partial charge in [-0.05, 0) is 50.6 Å². The van der Waals surface area contributed by atoms with Gasteiger partial charge in [0.05, 0.1) is 20.3 Å². The smallest absolute Gasteiger partial charge is 0.465 e. The summed E-state index contributed by atoms with van der Waals surface area (Å²) < 4.78 is 19.6. The quantitative estimate of drug-likeness (QED) is 0.174. The number of hydrogen-bond acceptors (Lipinski definition) is 8. The van der Waals surface area contributed by atoms with Gasteiger partial charge in [0.2, 0.25) is 0 Å². The van der Waals surface area contributed by atoms with Gasteiger partial charge in [-0.15, -0.1) is 11.8 Å². The molecule has 0 atom stereocenters. The minimum atomic E-state index is -1.53. The minimum Gasteiger partial charge on any atom is -0.465 e. The third kappa shape index (κ3) is 7.45. The molecular weight excluding hydrogens is 396 g/mol. The third-order valence-corrected chi connectivity index (χ3v) is 4.84. The molecule has 0 saturated carbocycles. The van der Waals surface area contributed by atoms with E-state index >= 15 is 0 Å². The molecule has 0 spiro atoms. The van der Waals surface area contributed by atoms with Crippen molar-refractivity contribution < 1.29 is 33.3 Å². The van der Waals surface area contributed by atoms with E-state index in [2.05, 4.69) is 4.74 Å². The van der Waals surface area contributed by atoms with Crippen molar-refractivity contribution in [1.82, 2.24) is 0 Å². The van der Waals surface area contributed by atoms with Gasteiger partial charge in [-0.1, -0.05) is 24.3 Å². The molecule has 0 aliphatic rings. The summed E-state index contributed by atoms with van der Waals surface area (Å²) in [6.07, 6.45) is 4.47. The highest BCUT2D eigenvalue weighted by molar-refractivity contribution is 7.98. The Morgan fingerprint density at radius 1 is 0.966 bits per heavy atom. The highest BCUT2D eigenvalue weighted by Crippen LogP contribution is 2.32. The maximum atomic E-state index is 12.9. The molecule has 0 aromatic heterocycles. The first-order chi connectivity index (χ1) is 13.9. The van der Waals surface area contributed by atoms with E-state index in [4.69, 9.17) is 14.2 Å². The monoisotopic (exact) mass is 424 g/mol. The van der Waals surface area contributed by atoms with Crippen LogP contribution in [-0.4, -0.2) is 51.3 Å². The van der Waals surface area contributed by atoms with E-state index in [-0.39, 0.29) is 32.7 Å². The van der Waals surface area contributed by atoms with E-state index in [1.54, 1.807) is 37.8 Å². The molecule has 0 bridgehead atoms. The number of ether oxygens (including phenoxy) is 4. The number of carbonyl (C=O) groups is 3. The number of carbonyl (C=O) groups excluding carboxylic acids is 3. The van der Waals surface area contributed by atoms with Crippen LogP contribution in [0.3, 0.4) is 0 Å². The van der Waals surface area contributed by atoms with Crippen molar-refractivity contribution in [2.75, 3.05) is 33.2 Å². The van der Waals surface area contributed by atoms with Crippen molar-refractivity contribution >= 4 is 29.9 Å². The Balaban J connectivity index is 3.15. The molecule has 0 aliphatic carbocycles. The molecule has 7 nitrogen and oxygen atoms in total. The zero-order chi connectivity index (χ0) is 21.7. The maximum absolute atomic E-state index is 12.9. The predicted molar refractivity (Wildman–Crippen MR) is 110 cm³/mol. The SMILES string of the molecule is CCOC(=O)C(C/C=C\COC(=O)OC)(Cc1ccc(SC)cc1)C(=O)OCC. The Labute approximate surface area is 175 Å². The van der Waals surface area contributed by atoms with Gasteiger partial charge >= 0.3 is 18.1 Å². The molecule has 1 aromatic carbocycles. The normalized spacial score (nSPS) is 11.2. The van der Waals surface area contributed by atoms with Crippen LogP contribution < -0.4 is 0 Å². The van der Waals surface area contributed by atoms with E-state index in [1.807, 2.05) is 30.5 Å². The van der Waals surface area contributed by atoms with Crippen molar-refractivity contribution in [2.45, 2.75) is 31.6 Å². The molecule has 29 heavy (non-hydrogen) atoms. The van der Waals surface area contributed by atoms with Crippen LogP contribution in [0.15, 0.2) is 41.3 Å². The Morgan fingerprint density at radius 2 is 1.55 bits per heavy atom. The molecule has 160 valence electrons. The van der Waals surface area contributed by atoms with Gasteiger partial charge in [0, 0.05) is 4.90 Å². The van der Waals surface area contributed by atoms with Crippen LogP contribution in [0, 0.1) is 5.41 Å². The van der Waals surface area contributed by atoms with Crippen LogP contribution in [0.1, 0.15) is 25.8 Å². The summed E-state index contributed by atoms with van der Waals surface area (Å²) in [6, 6.07) is 7.62. The Kier molecular flexibility index (Phi) is 10.9. The van der Waals surface area contributed by atoms with E-state index in [0.29, 0.717) is 0 Å². The highest BCUT2D eigenvalue weighted by atomic mass is 32.2. The Hall–Kier alpha value is -2.48. The van der Waals surface area contributed by atoms with Gasteiger partial charge < -0.3 is 18.9 Å². The second kappa shape index (κ2) is 12.9. The summed E-state index contributed by atoms with van der Waals surface area (Å²) in [4.78, 5) is 37.8. The summed E-state index contributed by atoms with van der Waals surface area (Å²) in [5.74, 6) is -1.29. The van der Waals surface area contributed by atoms with Crippen molar-refractivity contribution in [3.63, 3.8) is 0 Å². The van der Waals surface area contributed by atoms with E-state index in [9.17, 15) is 14.4 Å². The first-order valence-corrected chi connectivity index (χ1v) is 10.5. The lowest BCUT2D eigenvalue weighted by Gasteiger charge is -2.28. The first kappa shape index (κ1) is 24.6. The molecule has 8 heteroatoms. The minimum absolute atomic E-state index is 0.0411. The highest BCUT2D eigenvalue weighted by Gasteiger charge is 2.48. The largest absolute Gasteiger partial charge is 0.508 e. The molecule has 1 rings (SSSR count). The van der Waals surface area contributed by atoms with Crippen LogP contribution in [0.4, 0.5) is 4.79 Å². The van der Waals surface area contributed by atoms with E-state index in [1.165, 1.54) is 7.11 Å². The summed E-state index contributed by atoms with van der Waals surface area (Å²) in [5.41, 5.74) is -0.725. The van der Waals surface area contributed by atoms with Gasteiger partial charge in [0.25, 0.3) is 0 Å². The lowest BCUT2D eigenvalue weighted by molar-refractivity contribution is -0.171. The zero-order valence-electron chi connectivity index (χ0n) is 17.3. The summed E-state index contributed by atoms with van der Waals surface area (Å²) >= 11 is 1.60. The number of thioether (sulfide) groups is 1. The van der Waals surface area contributed by atoms with Crippen molar-refractivity contribution in [3.8, 4) is 0 Å². The topological polar surface area (TPSA) is 88.1 Å². The summed E-state index contributed by atoms with van der Waals surface area (Å²) in [5, 5.41) is 0. The lowest BCUT2D eigenvalue weighted by Crippen LogP contribution is -2.43. The zero-order valence-corrected chi connectivity index (χ0v) is 18.1. The van der Waals surface area contributed by atoms with E-state index in [0.717, 1.165) is 10.5 Å². The molecule has 1 aromatic rings. The predicted octanol–water partition coefficient (Wildman–Crippen LogP) is 3.79. The number of methoxy groups -OCH3 is 1. The number of hydrogen-bond donors (Lipinski definition) is 0. The number of allylic oxidation sites excluding steroid dienone is 1. The molecular formula is C21H28O7S. The summed E-state index contributed by atoms with van der Waals surface area (Å²) in [6.45, 7) is 3.60. The molecule has 0 radical (unpaired) electrons. The van der Waals surface area contributed by atoms with Crippen LogP contribution in [0.2, 0.25) is 0 Å². The molecule has 0 unspecified atom stereocenters. The Morgan fingerprint density at radius 3 is 2.03 bits per heavy atom. The fourth-order valence-corrected chi connectivity index (χ4v) is 3.03. The van der Waals surface area contributed by atoms with Gasteiger partial charge in [-0.25, -0.2) is 4.79 Å². The van der Waals surface area contributed by atoms with Crippen LogP contribution in [-0.2, 0) is 35.0 Å². The van der Waals surface area contributed by atoms with Crippen LogP contribution in [0.25, 0.3) is 0 Å². The fraction of sp³-hybridized carbons (Fsp3) is 0.476. The number of esters is 2. The van der Waals surface area contributed by atoms with Crippen LogP contribution in [0.5, 0.6) is 0 Å². The first-order valence-electron chi connectivity index (χ1n) is 9.26. The van der Waals surface area contributed by atoms with Crippen molar-refractivity contribution in [2.24, 2.45) is 5.41 Å². The number of rotatable bonds is 11. The molecule has 0 aliphatic heterocycles. The van der Waals surface area contributed by atoms with E-state index < -0.39 is 23.5 Å². The van der Waals surface area contributed by atoms with Gasteiger partial charge in [-0.2, -0.15) is 0 Å². The third-order valence-electron chi connectivity index (χ3n) is 4.09. The lowest BCUT2D eigenvalue weighted by atomic mass is 9.78. The van der Waals surface area contributed by atoms with Crippen molar-refractivity contribution in [1.29, 1.82) is 0 Å².